The van der Waals surface area contributed by atoms with E-state index in [1.807, 2.05) is 12.1 Å². The van der Waals surface area contributed by atoms with Gasteiger partial charge in [0, 0.05) is 44.5 Å². The van der Waals surface area contributed by atoms with Gasteiger partial charge in [0.1, 0.15) is 5.75 Å². The smallest absolute Gasteiger partial charge is 0.119 e. The molecule has 0 aromatic heterocycles. The number of ether oxygens (including phenoxy) is 1. The van der Waals surface area contributed by atoms with Crippen molar-refractivity contribution in [1.29, 1.82) is 0 Å². The fourth-order valence-corrected chi connectivity index (χ4v) is 2.98. The van der Waals surface area contributed by atoms with E-state index in [0.29, 0.717) is 6.04 Å². The average molecular weight is 291 g/mol. The number of hydrogen-bond acceptors (Lipinski definition) is 4. The van der Waals surface area contributed by atoms with E-state index in [1.165, 1.54) is 12.1 Å². The summed E-state index contributed by atoms with van der Waals surface area (Å²) in [5.41, 5.74) is 1.30. The Labute approximate surface area is 129 Å². The fraction of sp³-hybridized carbons (Fsp3) is 0.647. The van der Waals surface area contributed by atoms with E-state index < -0.39 is 0 Å². The summed E-state index contributed by atoms with van der Waals surface area (Å²) in [4.78, 5) is 5.10. The van der Waals surface area contributed by atoms with Crippen molar-refractivity contribution in [3.63, 3.8) is 0 Å². The number of methoxy groups -OCH3 is 1. The summed E-state index contributed by atoms with van der Waals surface area (Å²) in [5.74, 6) is 0.925. The van der Waals surface area contributed by atoms with Gasteiger partial charge in [0.25, 0.3) is 0 Å². The van der Waals surface area contributed by atoms with E-state index in [4.69, 9.17) is 4.74 Å². The molecule has 21 heavy (non-hydrogen) atoms. The van der Waals surface area contributed by atoms with Crippen molar-refractivity contribution < 1.29 is 4.74 Å². The normalized spacial score (nSPS) is 17.8. The number of likely N-dealkylation sites (N-methyl/N-ethyl adjacent to an activating group) is 1. The van der Waals surface area contributed by atoms with Crippen molar-refractivity contribution in [3.8, 4) is 5.75 Å². The topological polar surface area (TPSA) is 27.7 Å². The maximum Gasteiger partial charge on any atom is 0.119 e. The molecule has 0 bridgehead atoms. The first kappa shape index (κ1) is 16.1. The summed E-state index contributed by atoms with van der Waals surface area (Å²) >= 11 is 0. The van der Waals surface area contributed by atoms with Crippen LogP contribution in [0.4, 0.5) is 5.69 Å². The molecule has 0 amide bonds. The SMILES string of the molecule is CCNCC(CC)N1CCN(c2ccc(OC)cc2)CC1. The Kier molecular flexibility index (Phi) is 6.33. The lowest BCUT2D eigenvalue weighted by Crippen LogP contribution is -2.52. The quantitative estimate of drug-likeness (QED) is 0.833. The number of nitrogens with one attached hydrogen (secondary N) is 1. The van der Waals surface area contributed by atoms with Crippen molar-refractivity contribution in [2.24, 2.45) is 0 Å². The number of nitrogens with zero attached hydrogens (tertiary/aromatic N) is 2. The first-order valence-corrected chi connectivity index (χ1v) is 8.12. The molecule has 1 aromatic carbocycles. The standard InChI is InChI=1S/C17H29N3O/c1-4-15(14-18-5-2)19-10-12-20(13-11-19)16-6-8-17(21-3)9-7-16/h6-9,15,18H,4-5,10-14H2,1-3H3. The molecule has 1 fully saturated rings. The zero-order chi connectivity index (χ0) is 15.1. The van der Waals surface area contributed by atoms with Crippen LogP contribution >= 0.6 is 0 Å². The van der Waals surface area contributed by atoms with Gasteiger partial charge >= 0.3 is 0 Å². The fourth-order valence-electron chi connectivity index (χ4n) is 2.98. The molecular formula is C17H29N3O. The predicted octanol–water partition coefficient (Wildman–Crippen LogP) is 2.21. The van der Waals surface area contributed by atoms with E-state index >= 15 is 0 Å². The first-order chi connectivity index (χ1) is 10.3. The average Bonchev–Trinajstić information content (AvgIpc) is 2.56. The van der Waals surface area contributed by atoms with Crippen molar-refractivity contribution in [2.75, 3.05) is 51.3 Å². The summed E-state index contributed by atoms with van der Waals surface area (Å²) in [7, 11) is 1.71. The number of rotatable bonds is 7. The molecule has 0 spiro atoms. The van der Waals surface area contributed by atoms with Gasteiger partial charge in [-0.2, -0.15) is 0 Å². The highest BCUT2D eigenvalue weighted by Gasteiger charge is 2.22. The molecule has 1 aliphatic heterocycles. The summed E-state index contributed by atoms with van der Waals surface area (Å²) in [6, 6.07) is 9.07. The molecule has 1 N–H and O–H groups in total. The van der Waals surface area contributed by atoms with Gasteiger partial charge in [-0.05, 0) is 37.2 Å². The van der Waals surface area contributed by atoms with Crippen LogP contribution in [0.25, 0.3) is 0 Å². The molecule has 1 saturated heterocycles. The minimum Gasteiger partial charge on any atom is -0.497 e. The number of piperazine rings is 1. The highest BCUT2D eigenvalue weighted by atomic mass is 16.5. The molecule has 0 saturated carbocycles. The van der Waals surface area contributed by atoms with Crippen LogP contribution in [0.3, 0.4) is 0 Å². The molecule has 2 rings (SSSR count). The second-order valence-corrected chi connectivity index (χ2v) is 5.59. The van der Waals surface area contributed by atoms with Crippen LogP contribution in [-0.2, 0) is 0 Å². The van der Waals surface area contributed by atoms with E-state index in [2.05, 4.69) is 41.1 Å². The van der Waals surface area contributed by atoms with E-state index in [9.17, 15) is 0 Å². The Morgan fingerprint density at radius 3 is 2.29 bits per heavy atom. The summed E-state index contributed by atoms with van der Waals surface area (Å²) in [5, 5.41) is 3.48. The maximum absolute atomic E-state index is 5.22. The van der Waals surface area contributed by atoms with Crippen LogP contribution in [0, 0.1) is 0 Å². The Balaban J connectivity index is 1.86. The van der Waals surface area contributed by atoms with Crippen LogP contribution in [-0.4, -0.2) is 57.3 Å². The zero-order valence-corrected chi connectivity index (χ0v) is 13.6. The summed E-state index contributed by atoms with van der Waals surface area (Å²) < 4.78 is 5.22. The molecular weight excluding hydrogens is 262 g/mol. The Morgan fingerprint density at radius 2 is 1.76 bits per heavy atom. The van der Waals surface area contributed by atoms with Crippen LogP contribution in [0.5, 0.6) is 5.75 Å². The minimum absolute atomic E-state index is 0.669. The predicted molar refractivity (Wildman–Crippen MR) is 89.4 cm³/mol. The second kappa shape index (κ2) is 8.25. The zero-order valence-electron chi connectivity index (χ0n) is 13.6. The number of anilines is 1. The molecule has 1 aliphatic rings. The molecule has 118 valence electrons. The highest BCUT2D eigenvalue weighted by molar-refractivity contribution is 5.49. The molecule has 0 radical (unpaired) electrons. The van der Waals surface area contributed by atoms with Gasteiger partial charge in [0.05, 0.1) is 7.11 Å². The Bertz CT molecular complexity index is 399. The van der Waals surface area contributed by atoms with Crippen molar-refractivity contribution in [2.45, 2.75) is 26.3 Å². The third-order valence-corrected chi connectivity index (χ3v) is 4.37. The minimum atomic E-state index is 0.669. The van der Waals surface area contributed by atoms with Gasteiger partial charge in [-0.25, -0.2) is 0 Å². The monoisotopic (exact) mass is 291 g/mol. The Hall–Kier alpha value is -1.26. The first-order valence-electron chi connectivity index (χ1n) is 8.12. The lowest BCUT2D eigenvalue weighted by Gasteiger charge is -2.40. The highest BCUT2D eigenvalue weighted by Crippen LogP contribution is 2.21. The molecule has 1 unspecified atom stereocenters. The van der Waals surface area contributed by atoms with Gasteiger partial charge in [0.2, 0.25) is 0 Å². The van der Waals surface area contributed by atoms with Gasteiger partial charge in [0.15, 0.2) is 0 Å². The Morgan fingerprint density at radius 1 is 1.10 bits per heavy atom. The van der Waals surface area contributed by atoms with Crippen LogP contribution in [0.15, 0.2) is 24.3 Å². The van der Waals surface area contributed by atoms with E-state index in [0.717, 1.165) is 45.0 Å². The van der Waals surface area contributed by atoms with Crippen LogP contribution in [0.1, 0.15) is 20.3 Å². The van der Waals surface area contributed by atoms with Crippen LogP contribution < -0.4 is 15.0 Å². The molecule has 1 atom stereocenters. The molecule has 1 aromatic rings. The molecule has 4 nitrogen and oxygen atoms in total. The van der Waals surface area contributed by atoms with Gasteiger partial charge in [-0.15, -0.1) is 0 Å². The van der Waals surface area contributed by atoms with Crippen LogP contribution in [0.2, 0.25) is 0 Å². The van der Waals surface area contributed by atoms with Gasteiger partial charge in [-0.3, -0.25) is 4.90 Å². The molecule has 4 heteroatoms. The lowest BCUT2D eigenvalue weighted by molar-refractivity contribution is 0.177. The lowest BCUT2D eigenvalue weighted by atomic mass is 10.1. The third-order valence-electron chi connectivity index (χ3n) is 4.37. The number of hydrogen-bond donors (Lipinski definition) is 1. The van der Waals surface area contributed by atoms with Crippen molar-refractivity contribution in [3.05, 3.63) is 24.3 Å². The number of benzene rings is 1. The maximum atomic E-state index is 5.22. The van der Waals surface area contributed by atoms with Crippen molar-refractivity contribution in [1.82, 2.24) is 10.2 Å². The summed E-state index contributed by atoms with van der Waals surface area (Å²) in [6.07, 6.45) is 1.22. The van der Waals surface area contributed by atoms with Crippen molar-refractivity contribution >= 4 is 5.69 Å². The third kappa shape index (κ3) is 4.35. The summed E-state index contributed by atoms with van der Waals surface area (Å²) in [6.45, 7) is 11.1. The van der Waals surface area contributed by atoms with E-state index in [1.54, 1.807) is 7.11 Å². The molecule has 0 aliphatic carbocycles. The second-order valence-electron chi connectivity index (χ2n) is 5.59. The molecule has 1 heterocycles. The largest absolute Gasteiger partial charge is 0.497 e. The van der Waals surface area contributed by atoms with E-state index in [-0.39, 0.29) is 0 Å². The van der Waals surface area contributed by atoms with Gasteiger partial charge in [-0.1, -0.05) is 13.8 Å². The van der Waals surface area contributed by atoms with Gasteiger partial charge < -0.3 is 15.0 Å².